The van der Waals surface area contributed by atoms with Crippen LogP contribution in [0.3, 0.4) is 0 Å². The number of aromatic nitrogens is 2. The molecule has 0 aliphatic carbocycles. The molecule has 8 heteroatoms. The van der Waals surface area contributed by atoms with E-state index in [0.29, 0.717) is 17.5 Å². The molecule has 4 aromatic rings. The maximum absolute atomic E-state index is 10.7. The summed E-state index contributed by atoms with van der Waals surface area (Å²) in [5, 5.41) is 15.0. The molecule has 4 rings (SSSR count). The van der Waals surface area contributed by atoms with Gasteiger partial charge in [-0.25, -0.2) is 10.4 Å². The largest absolute Gasteiger partial charge is 0.455 e. The third kappa shape index (κ3) is 3.35. The normalized spacial score (nSPS) is 11.3. The summed E-state index contributed by atoms with van der Waals surface area (Å²) in [6.45, 7) is 2.81. The maximum atomic E-state index is 10.7. The number of nitro benzene ring substituents is 1. The lowest BCUT2D eigenvalue weighted by atomic mass is 10.1. The minimum atomic E-state index is -0.431. The number of non-ortho nitro benzene ring substituents is 1. The third-order valence-corrected chi connectivity index (χ3v) is 4.32. The number of hydrogen-bond donors (Lipinski definition) is 1. The van der Waals surface area contributed by atoms with Crippen LogP contribution in [0, 0.1) is 10.1 Å². The number of anilines is 1. The predicted molar refractivity (Wildman–Crippen MR) is 107 cm³/mol. The molecule has 1 N–H and O–H groups in total. The lowest BCUT2D eigenvalue weighted by Gasteiger charge is -2.03. The van der Waals surface area contributed by atoms with Crippen molar-refractivity contribution >= 4 is 28.9 Å². The number of para-hydroxylation sites is 2. The van der Waals surface area contributed by atoms with Crippen LogP contribution in [0.2, 0.25) is 0 Å². The fourth-order valence-electron chi connectivity index (χ4n) is 2.96. The van der Waals surface area contributed by atoms with Gasteiger partial charge in [0.2, 0.25) is 5.95 Å². The van der Waals surface area contributed by atoms with Gasteiger partial charge < -0.3 is 8.98 Å². The van der Waals surface area contributed by atoms with E-state index in [-0.39, 0.29) is 5.69 Å². The molecule has 0 unspecified atom stereocenters. The Balaban J connectivity index is 1.50. The summed E-state index contributed by atoms with van der Waals surface area (Å²) in [5.41, 5.74) is 5.70. The molecule has 0 bridgehead atoms. The highest BCUT2D eigenvalue weighted by atomic mass is 16.6. The SMILES string of the molecule is CCn1c(N/N=C\c2ccc(-c3ccc([N+](=O)[O-])cc3)o2)nc2ccccc21. The molecule has 2 aromatic carbocycles. The molecule has 0 aliphatic rings. The van der Waals surface area contributed by atoms with Gasteiger partial charge in [0.25, 0.3) is 5.69 Å². The van der Waals surface area contributed by atoms with Crippen molar-refractivity contribution in [1.29, 1.82) is 0 Å². The van der Waals surface area contributed by atoms with E-state index in [9.17, 15) is 10.1 Å². The van der Waals surface area contributed by atoms with Crippen LogP contribution in [-0.4, -0.2) is 20.7 Å². The van der Waals surface area contributed by atoms with Crippen LogP contribution in [0.1, 0.15) is 12.7 Å². The zero-order valence-electron chi connectivity index (χ0n) is 15.1. The highest BCUT2D eigenvalue weighted by Crippen LogP contribution is 2.24. The summed E-state index contributed by atoms with van der Waals surface area (Å²) >= 11 is 0. The molecular weight excluding hydrogens is 358 g/mol. The number of benzene rings is 2. The zero-order valence-corrected chi connectivity index (χ0v) is 15.1. The van der Waals surface area contributed by atoms with E-state index < -0.39 is 4.92 Å². The van der Waals surface area contributed by atoms with Gasteiger partial charge in [0.1, 0.15) is 11.5 Å². The van der Waals surface area contributed by atoms with Crippen molar-refractivity contribution in [2.24, 2.45) is 5.10 Å². The molecule has 140 valence electrons. The average Bonchev–Trinajstić information content (AvgIpc) is 3.32. The number of rotatable bonds is 6. The minimum Gasteiger partial charge on any atom is -0.455 e. The van der Waals surface area contributed by atoms with E-state index in [1.807, 2.05) is 35.8 Å². The summed E-state index contributed by atoms with van der Waals surface area (Å²) in [5.74, 6) is 1.82. The number of nitrogens with one attached hydrogen (secondary N) is 1. The van der Waals surface area contributed by atoms with Crippen molar-refractivity contribution in [3.63, 3.8) is 0 Å². The first-order valence-corrected chi connectivity index (χ1v) is 8.74. The lowest BCUT2D eigenvalue weighted by Crippen LogP contribution is -2.01. The van der Waals surface area contributed by atoms with Crippen LogP contribution in [0.5, 0.6) is 0 Å². The molecular formula is C20H17N5O3. The Kier molecular flexibility index (Phi) is 4.59. The first-order valence-electron chi connectivity index (χ1n) is 8.74. The number of nitro groups is 1. The number of imidazole rings is 1. The van der Waals surface area contributed by atoms with Crippen LogP contribution in [0.25, 0.3) is 22.4 Å². The molecule has 28 heavy (non-hydrogen) atoms. The Morgan fingerprint density at radius 3 is 2.71 bits per heavy atom. The molecule has 2 heterocycles. The summed E-state index contributed by atoms with van der Waals surface area (Å²) in [6.07, 6.45) is 1.56. The van der Waals surface area contributed by atoms with Gasteiger partial charge in [-0.05, 0) is 43.3 Å². The van der Waals surface area contributed by atoms with Gasteiger partial charge in [0.15, 0.2) is 0 Å². The molecule has 0 aliphatic heterocycles. The summed E-state index contributed by atoms with van der Waals surface area (Å²) in [6, 6.07) is 17.7. The van der Waals surface area contributed by atoms with Gasteiger partial charge in [-0.3, -0.25) is 10.1 Å². The van der Waals surface area contributed by atoms with Crippen molar-refractivity contribution in [1.82, 2.24) is 9.55 Å². The minimum absolute atomic E-state index is 0.0418. The molecule has 2 aromatic heterocycles. The lowest BCUT2D eigenvalue weighted by molar-refractivity contribution is -0.384. The fraction of sp³-hybridized carbons (Fsp3) is 0.100. The topological polar surface area (TPSA) is 98.5 Å². The van der Waals surface area contributed by atoms with Crippen molar-refractivity contribution in [2.75, 3.05) is 5.43 Å². The van der Waals surface area contributed by atoms with Gasteiger partial charge in [0, 0.05) is 24.2 Å². The third-order valence-electron chi connectivity index (χ3n) is 4.32. The number of aryl methyl sites for hydroxylation is 1. The molecule has 0 saturated carbocycles. The Labute approximate surface area is 160 Å². The van der Waals surface area contributed by atoms with Crippen LogP contribution in [-0.2, 0) is 6.54 Å². The van der Waals surface area contributed by atoms with E-state index in [4.69, 9.17) is 4.42 Å². The van der Waals surface area contributed by atoms with Gasteiger partial charge in [-0.1, -0.05) is 12.1 Å². The van der Waals surface area contributed by atoms with Gasteiger partial charge in [0.05, 0.1) is 22.2 Å². The standard InChI is InChI=1S/C20H17N5O3/c1-2-24-18-6-4-3-5-17(18)22-20(24)23-21-13-16-11-12-19(28-16)14-7-9-15(10-8-14)25(26)27/h3-13H,2H2,1H3,(H,22,23)/b21-13-. The second-order valence-electron chi connectivity index (χ2n) is 6.04. The summed E-state index contributed by atoms with van der Waals surface area (Å²) < 4.78 is 7.78. The molecule has 8 nitrogen and oxygen atoms in total. The Morgan fingerprint density at radius 2 is 1.96 bits per heavy atom. The Morgan fingerprint density at radius 1 is 1.18 bits per heavy atom. The van der Waals surface area contributed by atoms with E-state index in [1.165, 1.54) is 12.1 Å². The average molecular weight is 375 g/mol. The van der Waals surface area contributed by atoms with Crippen LogP contribution >= 0.6 is 0 Å². The molecule has 0 radical (unpaired) electrons. The fourth-order valence-corrected chi connectivity index (χ4v) is 2.96. The number of nitrogens with zero attached hydrogens (tertiary/aromatic N) is 4. The van der Waals surface area contributed by atoms with E-state index in [0.717, 1.165) is 23.1 Å². The molecule has 0 fully saturated rings. The summed E-state index contributed by atoms with van der Waals surface area (Å²) in [7, 11) is 0. The van der Waals surface area contributed by atoms with E-state index >= 15 is 0 Å². The van der Waals surface area contributed by atoms with Gasteiger partial charge in [-0.15, -0.1) is 0 Å². The molecule has 0 atom stereocenters. The zero-order chi connectivity index (χ0) is 19.5. The van der Waals surface area contributed by atoms with E-state index in [2.05, 4.69) is 15.5 Å². The molecule has 0 amide bonds. The van der Waals surface area contributed by atoms with Crippen molar-refractivity contribution in [3.05, 3.63) is 76.5 Å². The number of hydrazone groups is 1. The summed E-state index contributed by atoms with van der Waals surface area (Å²) in [4.78, 5) is 14.9. The maximum Gasteiger partial charge on any atom is 0.269 e. The second-order valence-corrected chi connectivity index (χ2v) is 6.04. The van der Waals surface area contributed by atoms with Crippen molar-refractivity contribution in [2.45, 2.75) is 13.5 Å². The molecule has 0 saturated heterocycles. The quantitative estimate of drug-likeness (QED) is 0.300. The van der Waals surface area contributed by atoms with Crippen molar-refractivity contribution in [3.8, 4) is 11.3 Å². The van der Waals surface area contributed by atoms with Gasteiger partial charge >= 0.3 is 0 Å². The number of furan rings is 1. The molecule has 0 spiro atoms. The van der Waals surface area contributed by atoms with Crippen LogP contribution in [0.15, 0.2) is 70.2 Å². The Hall–Kier alpha value is -3.94. The number of hydrogen-bond acceptors (Lipinski definition) is 6. The smallest absolute Gasteiger partial charge is 0.269 e. The Bertz CT molecular complexity index is 1160. The first kappa shape index (κ1) is 17.5. The highest BCUT2D eigenvalue weighted by molar-refractivity contribution is 5.80. The van der Waals surface area contributed by atoms with Crippen molar-refractivity contribution < 1.29 is 9.34 Å². The number of fused-ring (bicyclic) bond motifs is 1. The second kappa shape index (κ2) is 7.36. The first-order chi connectivity index (χ1) is 13.7. The highest BCUT2D eigenvalue weighted by Gasteiger charge is 2.09. The monoisotopic (exact) mass is 375 g/mol. The van der Waals surface area contributed by atoms with Crippen LogP contribution in [0.4, 0.5) is 11.6 Å². The predicted octanol–water partition coefficient (Wildman–Crippen LogP) is 4.67. The van der Waals surface area contributed by atoms with Gasteiger partial charge in [-0.2, -0.15) is 5.10 Å². The van der Waals surface area contributed by atoms with E-state index in [1.54, 1.807) is 30.5 Å². The van der Waals surface area contributed by atoms with Crippen LogP contribution < -0.4 is 5.43 Å².